The lowest BCUT2D eigenvalue weighted by Crippen LogP contribution is -2.39. The van der Waals surface area contributed by atoms with Crippen molar-refractivity contribution in [1.82, 2.24) is 4.90 Å². The summed E-state index contributed by atoms with van der Waals surface area (Å²) in [6.07, 6.45) is 3.33. The molecule has 2 aliphatic heterocycles. The Bertz CT molecular complexity index is 848. The van der Waals surface area contributed by atoms with E-state index >= 15 is 0 Å². The lowest BCUT2D eigenvalue weighted by molar-refractivity contribution is 0.0175. The van der Waals surface area contributed by atoms with Gasteiger partial charge in [-0.25, -0.2) is 8.78 Å². The third-order valence-electron chi connectivity index (χ3n) is 6.66. The number of nitrogens with zero attached hydrogens (tertiary/aromatic N) is 1. The predicted octanol–water partition coefficient (Wildman–Crippen LogP) is 6.13. The minimum absolute atomic E-state index is 0.0582. The van der Waals surface area contributed by atoms with Gasteiger partial charge in [-0.3, -0.25) is 4.90 Å². The van der Waals surface area contributed by atoms with Crippen LogP contribution in [0.15, 0.2) is 42.5 Å². The number of benzene rings is 2. The molecule has 2 nitrogen and oxygen atoms in total. The van der Waals surface area contributed by atoms with Crippen molar-refractivity contribution in [3.05, 3.63) is 59.2 Å². The van der Waals surface area contributed by atoms with Crippen LogP contribution in [0.5, 0.6) is 0 Å². The van der Waals surface area contributed by atoms with E-state index in [1.807, 2.05) is 12.1 Å². The summed E-state index contributed by atoms with van der Waals surface area (Å²) in [5, 5.41) is 0. The molecule has 0 saturated carbocycles. The highest BCUT2D eigenvalue weighted by molar-refractivity contribution is 5.66. The van der Waals surface area contributed by atoms with Gasteiger partial charge in [0, 0.05) is 38.3 Å². The van der Waals surface area contributed by atoms with E-state index in [2.05, 4.69) is 36.9 Å². The first-order chi connectivity index (χ1) is 13.7. The second kappa shape index (κ2) is 7.81. The molecule has 0 radical (unpaired) electrons. The van der Waals surface area contributed by atoms with Crippen LogP contribution in [0, 0.1) is 0 Å². The van der Waals surface area contributed by atoms with Crippen LogP contribution in [-0.2, 0) is 22.6 Å². The van der Waals surface area contributed by atoms with E-state index < -0.39 is 5.92 Å². The van der Waals surface area contributed by atoms with E-state index in [9.17, 15) is 8.78 Å². The number of hydrogen-bond acceptors (Lipinski definition) is 2. The van der Waals surface area contributed by atoms with Gasteiger partial charge in [0.25, 0.3) is 5.92 Å². The molecule has 0 spiro atoms. The third kappa shape index (κ3) is 4.39. The van der Waals surface area contributed by atoms with Gasteiger partial charge in [-0.15, -0.1) is 0 Å². The molecule has 2 aromatic carbocycles. The summed E-state index contributed by atoms with van der Waals surface area (Å²) in [7, 11) is 0. The van der Waals surface area contributed by atoms with Gasteiger partial charge in [0.15, 0.2) is 0 Å². The zero-order chi connectivity index (χ0) is 20.6. The average molecular weight is 400 g/mol. The van der Waals surface area contributed by atoms with Gasteiger partial charge in [0.1, 0.15) is 0 Å². The fourth-order valence-corrected chi connectivity index (χ4v) is 4.74. The first-order valence-corrected chi connectivity index (χ1v) is 10.7. The molecule has 1 saturated heterocycles. The number of alkyl halides is 2. The summed E-state index contributed by atoms with van der Waals surface area (Å²) in [5.74, 6) is -2.81. The van der Waals surface area contributed by atoms with E-state index in [0.29, 0.717) is 6.04 Å². The van der Waals surface area contributed by atoms with Crippen LogP contribution in [0.4, 0.5) is 8.78 Å². The zero-order valence-electron chi connectivity index (χ0n) is 17.7. The largest absolute Gasteiger partial charge is 0.381 e. The van der Waals surface area contributed by atoms with Crippen LogP contribution < -0.4 is 0 Å². The third-order valence-corrected chi connectivity index (χ3v) is 6.66. The molecule has 0 unspecified atom stereocenters. The topological polar surface area (TPSA) is 12.5 Å². The van der Waals surface area contributed by atoms with E-state index in [1.165, 1.54) is 11.1 Å². The Balaban J connectivity index is 1.65. The van der Waals surface area contributed by atoms with Crippen LogP contribution in [0.3, 0.4) is 0 Å². The van der Waals surface area contributed by atoms with E-state index in [4.69, 9.17) is 4.74 Å². The van der Waals surface area contributed by atoms with E-state index in [-0.39, 0.29) is 11.0 Å². The molecule has 4 heteroatoms. The van der Waals surface area contributed by atoms with Crippen molar-refractivity contribution in [1.29, 1.82) is 0 Å². The maximum atomic E-state index is 13.5. The minimum Gasteiger partial charge on any atom is -0.381 e. The Labute approximate surface area is 172 Å². The molecule has 2 heterocycles. The Morgan fingerprint density at radius 3 is 2.31 bits per heavy atom. The number of fused-ring (bicyclic) bond motifs is 1. The van der Waals surface area contributed by atoms with Crippen molar-refractivity contribution in [2.75, 3.05) is 19.8 Å². The molecule has 29 heavy (non-hydrogen) atoms. The monoisotopic (exact) mass is 399 g/mol. The van der Waals surface area contributed by atoms with Gasteiger partial charge in [0.2, 0.25) is 0 Å². The minimum atomic E-state index is -2.81. The lowest BCUT2D eigenvalue weighted by atomic mass is 9.79. The molecule has 0 N–H and O–H groups in total. The molecule has 0 amide bonds. The van der Waals surface area contributed by atoms with Crippen molar-refractivity contribution >= 4 is 0 Å². The maximum absolute atomic E-state index is 13.5. The smallest absolute Gasteiger partial charge is 0.270 e. The molecule has 2 aromatic rings. The molecular formula is C25H31F2NO. The van der Waals surface area contributed by atoms with Crippen molar-refractivity contribution in [3.8, 4) is 11.1 Å². The van der Waals surface area contributed by atoms with Crippen LogP contribution >= 0.6 is 0 Å². The summed E-state index contributed by atoms with van der Waals surface area (Å²) in [6, 6.07) is 14.0. The lowest BCUT2D eigenvalue weighted by Gasteiger charge is -2.34. The fraction of sp³-hybridized carbons (Fsp3) is 0.520. The van der Waals surface area contributed by atoms with Gasteiger partial charge >= 0.3 is 0 Å². The number of rotatable bonds is 3. The van der Waals surface area contributed by atoms with Gasteiger partial charge in [0.05, 0.1) is 0 Å². The Hall–Kier alpha value is -1.78. The molecule has 0 atom stereocenters. The Kier molecular flexibility index (Phi) is 5.52. The van der Waals surface area contributed by atoms with Crippen LogP contribution in [0.1, 0.15) is 56.7 Å². The van der Waals surface area contributed by atoms with Crippen LogP contribution in [-0.4, -0.2) is 30.7 Å². The molecular weight excluding hydrogens is 368 g/mol. The summed E-state index contributed by atoms with van der Waals surface area (Å²) < 4.78 is 32.7. The number of hydrogen-bond donors (Lipinski definition) is 0. The summed E-state index contributed by atoms with van der Waals surface area (Å²) in [5.41, 5.74) is 5.04. The van der Waals surface area contributed by atoms with Crippen molar-refractivity contribution in [3.63, 3.8) is 0 Å². The molecule has 2 aliphatic rings. The molecule has 0 aliphatic carbocycles. The molecule has 1 fully saturated rings. The van der Waals surface area contributed by atoms with E-state index in [1.54, 1.807) is 12.1 Å². The van der Waals surface area contributed by atoms with Crippen molar-refractivity contribution in [2.24, 2.45) is 0 Å². The molecule has 156 valence electrons. The van der Waals surface area contributed by atoms with Gasteiger partial charge in [-0.2, -0.15) is 0 Å². The van der Waals surface area contributed by atoms with Gasteiger partial charge in [-0.05, 0) is 59.5 Å². The first-order valence-electron chi connectivity index (χ1n) is 10.7. The van der Waals surface area contributed by atoms with E-state index in [0.717, 1.165) is 63.6 Å². The molecule has 0 bridgehead atoms. The highest BCUT2D eigenvalue weighted by atomic mass is 19.3. The molecule has 4 rings (SSSR count). The second-order valence-corrected chi connectivity index (χ2v) is 9.29. The summed E-state index contributed by atoms with van der Waals surface area (Å²) in [6.45, 7) is 9.35. The SMILES string of the molecule is CC(F)(F)c1ccc(-c2ccc3c(c2)CN(C2CCOCC2)CCC3(C)C)cc1. The highest BCUT2D eigenvalue weighted by Crippen LogP contribution is 2.37. The van der Waals surface area contributed by atoms with Crippen molar-refractivity contribution < 1.29 is 13.5 Å². The Morgan fingerprint density at radius 2 is 1.66 bits per heavy atom. The summed E-state index contributed by atoms with van der Waals surface area (Å²) >= 11 is 0. The standard InChI is InChI=1S/C25H31F2NO/c1-24(2)12-13-28(22-10-14-29-15-11-22)17-20-16-19(6-9-23(20)24)18-4-7-21(8-5-18)25(3,26)27/h4-9,16,22H,10-15,17H2,1-3H3. The van der Waals surface area contributed by atoms with Gasteiger partial charge in [-0.1, -0.05) is 50.2 Å². The van der Waals surface area contributed by atoms with Crippen LogP contribution in [0.25, 0.3) is 11.1 Å². The average Bonchev–Trinajstić information content (AvgIpc) is 2.84. The predicted molar refractivity (Wildman–Crippen MR) is 113 cm³/mol. The Morgan fingerprint density at radius 1 is 1.00 bits per heavy atom. The van der Waals surface area contributed by atoms with Crippen molar-refractivity contribution in [2.45, 2.75) is 64.0 Å². The number of halogens is 2. The number of ether oxygens (including phenoxy) is 1. The normalized spacial score (nSPS) is 20.9. The molecule has 0 aromatic heterocycles. The summed E-state index contributed by atoms with van der Waals surface area (Å²) in [4.78, 5) is 2.63. The first kappa shape index (κ1) is 20.5. The maximum Gasteiger partial charge on any atom is 0.270 e. The zero-order valence-corrected chi connectivity index (χ0v) is 17.7. The van der Waals surface area contributed by atoms with Crippen LogP contribution in [0.2, 0.25) is 0 Å². The fourth-order valence-electron chi connectivity index (χ4n) is 4.74. The highest BCUT2D eigenvalue weighted by Gasteiger charge is 2.32. The van der Waals surface area contributed by atoms with Gasteiger partial charge < -0.3 is 4.74 Å². The second-order valence-electron chi connectivity index (χ2n) is 9.29. The quantitative estimate of drug-likeness (QED) is 0.616.